The molecule has 64 valence electrons. The van der Waals surface area contributed by atoms with Crippen LogP contribution in [0.5, 0.6) is 0 Å². The first-order valence-corrected chi connectivity index (χ1v) is 5.47. The van der Waals surface area contributed by atoms with Gasteiger partial charge < -0.3 is 0 Å². The summed E-state index contributed by atoms with van der Waals surface area (Å²) in [4.78, 5) is 0. The van der Waals surface area contributed by atoms with Crippen molar-refractivity contribution in [1.29, 1.82) is 5.26 Å². The molecule has 0 fully saturated rings. The Bertz CT molecular complexity index is 250. The minimum absolute atomic E-state index is 0.0741. The molecule has 0 aliphatic heterocycles. The molecule has 0 N–H and O–H groups in total. The fourth-order valence-corrected chi connectivity index (χ4v) is 2.09. The van der Waals surface area contributed by atoms with E-state index in [4.69, 9.17) is 5.26 Å². The highest BCUT2D eigenvalue weighted by atomic mass is 32.2. The topological polar surface area (TPSA) is 57.9 Å². The van der Waals surface area contributed by atoms with Crippen LogP contribution in [0, 0.1) is 17.2 Å². The second kappa shape index (κ2) is 3.72. The van der Waals surface area contributed by atoms with Gasteiger partial charge in [0.25, 0.3) is 0 Å². The Labute approximate surface area is 67.9 Å². The van der Waals surface area contributed by atoms with Crippen molar-refractivity contribution in [2.45, 2.75) is 25.5 Å². The number of nitriles is 1. The lowest BCUT2D eigenvalue weighted by Crippen LogP contribution is -2.25. The molecule has 0 amide bonds. The maximum Gasteiger partial charge on any atom is 0.163 e. The summed E-state index contributed by atoms with van der Waals surface area (Å²) < 4.78 is 21.9. The highest BCUT2D eigenvalue weighted by Gasteiger charge is 2.25. The van der Waals surface area contributed by atoms with E-state index in [1.807, 2.05) is 6.92 Å². The van der Waals surface area contributed by atoms with Crippen molar-refractivity contribution in [2.24, 2.45) is 5.92 Å². The van der Waals surface area contributed by atoms with E-state index >= 15 is 0 Å². The molecule has 2 atom stereocenters. The second-order valence-electron chi connectivity index (χ2n) is 2.76. The fourth-order valence-electron chi connectivity index (χ4n) is 0.859. The lowest BCUT2D eigenvalue weighted by molar-refractivity contribution is 0.538. The van der Waals surface area contributed by atoms with Crippen LogP contribution in [0.2, 0.25) is 0 Å². The van der Waals surface area contributed by atoms with E-state index in [2.05, 4.69) is 0 Å². The molecule has 0 bridgehead atoms. The van der Waals surface area contributed by atoms with Crippen LogP contribution in [0.4, 0.5) is 0 Å². The summed E-state index contributed by atoms with van der Waals surface area (Å²) in [6, 6.07) is 1.80. The monoisotopic (exact) mass is 175 g/mol. The Morgan fingerprint density at radius 1 is 1.55 bits per heavy atom. The predicted octanol–water partition coefficient (Wildman–Crippen LogP) is 0.969. The van der Waals surface area contributed by atoms with Gasteiger partial charge in [0, 0.05) is 6.26 Å². The van der Waals surface area contributed by atoms with Crippen LogP contribution >= 0.6 is 0 Å². The number of rotatable bonds is 3. The molecule has 0 aliphatic rings. The first-order valence-electron chi connectivity index (χ1n) is 3.52. The summed E-state index contributed by atoms with van der Waals surface area (Å²) in [6.45, 7) is 3.65. The molecule has 0 aliphatic carbocycles. The van der Waals surface area contributed by atoms with Crippen molar-refractivity contribution >= 4 is 9.84 Å². The zero-order chi connectivity index (χ0) is 9.07. The molecule has 0 aromatic heterocycles. The Morgan fingerprint density at radius 2 is 2.00 bits per heavy atom. The van der Waals surface area contributed by atoms with Crippen molar-refractivity contribution in [2.75, 3.05) is 6.26 Å². The highest BCUT2D eigenvalue weighted by molar-refractivity contribution is 7.91. The van der Waals surface area contributed by atoms with E-state index in [9.17, 15) is 8.42 Å². The first kappa shape index (κ1) is 10.4. The second-order valence-corrected chi connectivity index (χ2v) is 4.93. The van der Waals surface area contributed by atoms with Gasteiger partial charge in [0.2, 0.25) is 0 Å². The third kappa shape index (κ3) is 2.89. The Balaban J connectivity index is 4.60. The van der Waals surface area contributed by atoms with Gasteiger partial charge >= 0.3 is 0 Å². The van der Waals surface area contributed by atoms with Crippen molar-refractivity contribution in [1.82, 2.24) is 0 Å². The Morgan fingerprint density at radius 3 is 2.09 bits per heavy atom. The van der Waals surface area contributed by atoms with Crippen LogP contribution in [0.3, 0.4) is 0 Å². The lowest BCUT2D eigenvalue weighted by Gasteiger charge is -2.12. The average molecular weight is 175 g/mol. The average Bonchev–Trinajstić information content (AvgIpc) is 1.86. The zero-order valence-corrected chi connectivity index (χ0v) is 7.85. The summed E-state index contributed by atoms with van der Waals surface area (Å²) in [5.41, 5.74) is 0. The number of sulfone groups is 1. The largest absolute Gasteiger partial charge is 0.228 e. The van der Waals surface area contributed by atoms with Gasteiger partial charge in [0.05, 0.1) is 6.07 Å². The third-order valence-electron chi connectivity index (χ3n) is 1.75. The molecule has 4 heteroatoms. The van der Waals surface area contributed by atoms with Crippen LogP contribution in [0.1, 0.15) is 20.3 Å². The lowest BCUT2D eigenvalue weighted by atomic mass is 10.1. The molecule has 0 saturated heterocycles. The van der Waals surface area contributed by atoms with Gasteiger partial charge in [0.15, 0.2) is 9.84 Å². The quantitative estimate of drug-likeness (QED) is 0.642. The van der Waals surface area contributed by atoms with Crippen LogP contribution in [0.15, 0.2) is 0 Å². The summed E-state index contributed by atoms with van der Waals surface area (Å²) in [6.07, 6.45) is 1.82. The van der Waals surface area contributed by atoms with Gasteiger partial charge in [-0.15, -0.1) is 0 Å². The van der Waals surface area contributed by atoms with Crippen molar-refractivity contribution in [3.63, 3.8) is 0 Å². The van der Waals surface area contributed by atoms with Crippen LogP contribution in [-0.2, 0) is 9.84 Å². The fraction of sp³-hybridized carbons (Fsp3) is 0.857. The molecule has 3 nitrogen and oxygen atoms in total. The number of hydrogen-bond donors (Lipinski definition) is 0. The standard InChI is InChI=1S/C7H13NO2S/c1-4-6(2)7(5-8)11(3,9)10/h6-7H,4H2,1-3H3. The van der Waals surface area contributed by atoms with E-state index in [0.717, 1.165) is 6.26 Å². The predicted molar refractivity (Wildman–Crippen MR) is 43.7 cm³/mol. The van der Waals surface area contributed by atoms with Crippen LogP contribution in [-0.4, -0.2) is 19.9 Å². The summed E-state index contributed by atoms with van der Waals surface area (Å²) >= 11 is 0. The molecule has 0 spiro atoms. The molecular formula is C7H13NO2S. The molecule has 0 aromatic carbocycles. The van der Waals surface area contributed by atoms with E-state index in [1.54, 1.807) is 13.0 Å². The Kier molecular flexibility index (Phi) is 3.53. The Hall–Kier alpha value is -0.560. The van der Waals surface area contributed by atoms with E-state index in [0.29, 0.717) is 6.42 Å². The summed E-state index contributed by atoms with van der Waals surface area (Å²) in [7, 11) is -3.19. The molecular weight excluding hydrogens is 162 g/mol. The van der Waals surface area contributed by atoms with Crippen LogP contribution < -0.4 is 0 Å². The van der Waals surface area contributed by atoms with Gasteiger partial charge in [0.1, 0.15) is 5.25 Å². The smallest absolute Gasteiger partial charge is 0.163 e. The number of nitrogens with zero attached hydrogens (tertiary/aromatic N) is 1. The zero-order valence-electron chi connectivity index (χ0n) is 7.03. The molecule has 0 aromatic rings. The van der Waals surface area contributed by atoms with E-state index < -0.39 is 15.1 Å². The maximum absolute atomic E-state index is 10.9. The van der Waals surface area contributed by atoms with Crippen LogP contribution in [0.25, 0.3) is 0 Å². The SMILES string of the molecule is CCC(C)C(C#N)S(C)(=O)=O. The number of hydrogen-bond acceptors (Lipinski definition) is 3. The van der Waals surface area contributed by atoms with Gasteiger partial charge in [-0.1, -0.05) is 20.3 Å². The van der Waals surface area contributed by atoms with Crippen molar-refractivity contribution in [3.8, 4) is 6.07 Å². The van der Waals surface area contributed by atoms with E-state index in [1.165, 1.54) is 0 Å². The normalized spacial score (nSPS) is 16.9. The minimum atomic E-state index is -3.19. The van der Waals surface area contributed by atoms with Crippen molar-refractivity contribution in [3.05, 3.63) is 0 Å². The first-order chi connectivity index (χ1) is 4.93. The molecule has 11 heavy (non-hydrogen) atoms. The highest BCUT2D eigenvalue weighted by Crippen LogP contribution is 2.13. The van der Waals surface area contributed by atoms with Gasteiger partial charge in [-0.2, -0.15) is 5.26 Å². The van der Waals surface area contributed by atoms with Gasteiger partial charge in [-0.25, -0.2) is 8.42 Å². The maximum atomic E-state index is 10.9. The van der Waals surface area contributed by atoms with Gasteiger partial charge in [-0.3, -0.25) is 0 Å². The molecule has 2 unspecified atom stereocenters. The van der Waals surface area contributed by atoms with Crippen molar-refractivity contribution < 1.29 is 8.42 Å². The molecule has 0 rings (SSSR count). The molecule has 0 radical (unpaired) electrons. The molecule has 0 heterocycles. The molecule has 0 saturated carbocycles. The van der Waals surface area contributed by atoms with Gasteiger partial charge in [-0.05, 0) is 5.92 Å². The summed E-state index contributed by atoms with van der Waals surface area (Å²) in [5.74, 6) is -0.0741. The van der Waals surface area contributed by atoms with E-state index in [-0.39, 0.29) is 5.92 Å². The minimum Gasteiger partial charge on any atom is -0.228 e. The summed E-state index contributed by atoms with van der Waals surface area (Å²) in [5, 5.41) is 7.69. The third-order valence-corrected chi connectivity index (χ3v) is 3.24.